The summed E-state index contributed by atoms with van der Waals surface area (Å²) in [6.45, 7) is 9.32. The number of nitrogens with one attached hydrogen (secondary N) is 1. The van der Waals surface area contributed by atoms with Crippen LogP contribution in [0.15, 0.2) is 18.2 Å². The number of methoxy groups -OCH3 is 1. The van der Waals surface area contributed by atoms with E-state index < -0.39 is 0 Å². The van der Waals surface area contributed by atoms with Crippen LogP contribution < -0.4 is 10.2 Å². The average Bonchev–Trinajstić information content (AvgIpc) is 2.45. The average molecular weight is 311 g/mol. The maximum absolute atomic E-state index is 6.45. The summed E-state index contributed by atoms with van der Waals surface area (Å²) in [5.74, 6) is 0. The summed E-state index contributed by atoms with van der Waals surface area (Å²) in [4.78, 5) is 2.41. The number of hydrogen-bond acceptors (Lipinski definition) is 3. The Morgan fingerprint density at radius 1 is 1.38 bits per heavy atom. The largest absolute Gasteiger partial charge is 0.380 e. The molecule has 0 radical (unpaired) electrons. The third-order valence-electron chi connectivity index (χ3n) is 3.94. The predicted octanol–water partition coefficient (Wildman–Crippen LogP) is 3.84. The smallest absolute Gasteiger partial charge is 0.0746 e. The number of halogens is 1. The molecular formula is C17H27ClN2O. The van der Waals surface area contributed by atoms with Gasteiger partial charge in [0.1, 0.15) is 0 Å². The van der Waals surface area contributed by atoms with Crippen molar-refractivity contribution >= 4 is 17.3 Å². The van der Waals surface area contributed by atoms with Gasteiger partial charge in [-0.05, 0) is 45.7 Å². The predicted molar refractivity (Wildman–Crippen MR) is 90.3 cm³/mol. The quantitative estimate of drug-likeness (QED) is 0.914. The third-order valence-corrected chi connectivity index (χ3v) is 4.30. The molecule has 1 saturated heterocycles. The molecule has 4 heteroatoms. The highest BCUT2D eigenvalue weighted by molar-refractivity contribution is 6.31. The van der Waals surface area contributed by atoms with Crippen molar-refractivity contribution in [2.75, 3.05) is 25.1 Å². The van der Waals surface area contributed by atoms with Crippen LogP contribution in [-0.4, -0.2) is 31.8 Å². The van der Waals surface area contributed by atoms with Crippen LogP contribution in [0.1, 0.15) is 39.2 Å². The SMILES string of the molecule is COC1CCCN(c2cccc(Cl)c2CNC(C)(C)C)C1. The minimum atomic E-state index is 0.0768. The van der Waals surface area contributed by atoms with Gasteiger partial charge in [-0.3, -0.25) is 0 Å². The minimum absolute atomic E-state index is 0.0768. The van der Waals surface area contributed by atoms with Crippen LogP contribution >= 0.6 is 11.6 Å². The van der Waals surface area contributed by atoms with Crippen LogP contribution in [0, 0.1) is 0 Å². The second kappa shape index (κ2) is 6.99. The molecule has 0 amide bonds. The van der Waals surface area contributed by atoms with Gasteiger partial charge in [0.15, 0.2) is 0 Å². The Bertz CT molecular complexity index is 470. The Morgan fingerprint density at radius 3 is 2.81 bits per heavy atom. The van der Waals surface area contributed by atoms with Crippen LogP contribution in [0.25, 0.3) is 0 Å². The zero-order chi connectivity index (χ0) is 15.5. The Kier molecular flexibility index (Phi) is 5.53. The van der Waals surface area contributed by atoms with E-state index in [1.807, 2.05) is 12.1 Å². The van der Waals surface area contributed by atoms with Gasteiger partial charge in [-0.1, -0.05) is 17.7 Å². The van der Waals surface area contributed by atoms with Crippen LogP contribution in [-0.2, 0) is 11.3 Å². The number of hydrogen-bond donors (Lipinski definition) is 1. The van der Waals surface area contributed by atoms with Crippen LogP contribution in [0.5, 0.6) is 0 Å². The molecule has 1 unspecified atom stereocenters. The number of piperidine rings is 1. The van der Waals surface area contributed by atoms with E-state index in [1.165, 1.54) is 11.3 Å². The Balaban J connectivity index is 2.20. The van der Waals surface area contributed by atoms with Crippen molar-refractivity contribution in [3.8, 4) is 0 Å². The van der Waals surface area contributed by atoms with Crippen molar-refractivity contribution in [2.24, 2.45) is 0 Å². The van der Waals surface area contributed by atoms with Gasteiger partial charge in [-0.2, -0.15) is 0 Å². The minimum Gasteiger partial charge on any atom is -0.380 e. The molecule has 2 rings (SSSR count). The highest BCUT2D eigenvalue weighted by Gasteiger charge is 2.22. The molecule has 0 aromatic heterocycles. The van der Waals surface area contributed by atoms with Gasteiger partial charge < -0.3 is 15.0 Å². The number of nitrogens with zero attached hydrogens (tertiary/aromatic N) is 1. The van der Waals surface area contributed by atoms with Gasteiger partial charge in [-0.15, -0.1) is 0 Å². The van der Waals surface area contributed by atoms with E-state index in [4.69, 9.17) is 16.3 Å². The number of rotatable bonds is 4. The molecule has 21 heavy (non-hydrogen) atoms. The highest BCUT2D eigenvalue weighted by atomic mass is 35.5. The normalized spacial score (nSPS) is 19.9. The lowest BCUT2D eigenvalue weighted by molar-refractivity contribution is 0.0893. The molecule has 1 aliphatic rings. The molecule has 118 valence electrons. The summed E-state index contributed by atoms with van der Waals surface area (Å²) in [5, 5.41) is 4.38. The fraction of sp³-hybridized carbons (Fsp3) is 0.647. The first-order valence-corrected chi connectivity index (χ1v) is 8.08. The molecule has 1 aliphatic heterocycles. The fourth-order valence-corrected chi connectivity index (χ4v) is 2.96. The van der Waals surface area contributed by atoms with Crippen molar-refractivity contribution < 1.29 is 4.74 Å². The summed E-state index contributed by atoms with van der Waals surface area (Å²) >= 11 is 6.45. The van der Waals surface area contributed by atoms with E-state index in [9.17, 15) is 0 Å². The first kappa shape index (κ1) is 16.6. The van der Waals surface area contributed by atoms with Crippen molar-refractivity contribution in [2.45, 2.75) is 51.8 Å². The number of anilines is 1. The summed E-state index contributed by atoms with van der Waals surface area (Å²) in [6.07, 6.45) is 2.63. The van der Waals surface area contributed by atoms with E-state index in [0.717, 1.165) is 37.5 Å². The molecular weight excluding hydrogens is 284 g/mol. The summed E-state index contributed by atoms with van der Waals surface area (Å²) in [7, 11) is 1.80. The van der Waals surface area contributed by atoms with E-state index >= 15 is 0 Å². The first-order chi connectivity index (χ1) is 9.90. The highest BCUT2D eigenvalue weighted by Crippen LogP contribution is 2.30. The second-order valence-corrected chi connectivity index (χ2v) is 7.19. The van der Waals surface area contributed by atoms with Gasteiger partial charge in [-0.25, -0.2) is 0 Å². The molecule has 0 spiro atoms. The number of ether oxygens (including phenoxy) is 1. The van der Waals surface area contributed by atoms with Gasteiger partial charge in [0.05, 0.1) is 6.10 Å². The Hall–Kier alpha value is -0.770. The second-order valence-electron chi connectivity index (χ2n) is 6.79. The molecule has 1 aromatic rings. The van der Waals surface area contributed by atoms with Crippen LogP contribution in [0.4, 0.5) is 5.69 Å². The molecule has 1 N–H and O–H groups in total. The third kappa shape index (κ3) is 4.60. The lowest BCUT2D eigenvalue weighted by Gasteiger charge is -2.35. The van der Waals surface area contributed by atoms with Crippen LogP contribution in [0.2, 0.25) is 5.02 Å². The van der Waals surface area contributed by atoms with Gasteiger partial charge >= 0.3 is 0 Å². The Morgan fingerprint density at radius 2 is 2.14 bits per heavy atom. The maximum Gasteiger partial charge on any atom is 0.0746 e. The van der Waals surface area contributed by atoms with E-state index in [2.05, 4.69) is 37.1 Å². The topological polar surface area (TPSA) is 24.5 Å². The molecule has 1 heterocycles. The maximum atomic E-state index is 6.45. The molecule has 0 aliphatic carbocycles. The molecule has 0 bridgehead atoms. The van der Waals surface area contributed by atoms with E-state index in [1.54, 1.807) is 7.11 Å². The molecule has 1 aromatic carbocycles. The monoisotopic (exact) mass is 310 g/mol. The zero-order valence-corrected chi connectivity index (χ0v) is 14.3. The van der Waals surface area contributed by atoms with Crippen molar-refractivity contribution in [3.63, 3.8) is 0 Å². The number of benzene rings is 1. The zero-order valence-electron chi connectivity index (χ0n) is 13.6. The summed E-state index contributed by atoms with van der Waals surface area (Å²) < 4.78 is 5.54. The molecule has 1 atom stereocenters. The standard InChI is InChI=1S/C17H27ClN2O/c1-17(2,3)19-11-14-15(18)8-5-9-16(14)20-10-6-7-13(12-20)21-4/h5,8-9,13,19H,6-7,10-12H2,1-4H3. The Labute approximate surface area is 133 Å². The molecule has 1 fully saturated rings. The van der Waals surface area contributed by atoms with E-state index in [0.29, 0.717) is 6.10 Å². The fourth-order valence-electron chi connectivity index (χ4n) is 2.72. The summed E-state index contributed by atoms with van der Waals surface area (Å²) in [6, 6.07) is 6.18. The summed E-state index contributed by atoms with van der Waals surface area (Å²) in [5.41, 5.74) is 2.50. The van der Waals surface area contributed by atoms with Crippen molar-refractivity contribution in [1.29, 1.82) is 0 Å². The molecule has 3 nitrogen and oxygen atoms in total. The van der Waals surface area contributed by atoms with Gasteiger partial charge in [0, 0.05) is 48.6 Å². The lowest BCUT2D eigenvalue weighted by Crippen LogP contribution is -2.40. The van der Waals surface area contributed by atoms with Crippen molar-refractivity contribution in [3.05, 3.63) is 28.8 Å². The molecule has 0 saturated carbocycles. The van der Waals surface area contributed by atoms with Crippen LogP contribution in [0.3, 0.4) is 0 Å². The van der Waals surface area contributed by atoms with Gasteiger partial charge in [0.25, 0.3) is 0 Å². The van der Waals surface area contributed by atoms with Crippen molar-refractivity contribution in [1.82, 2.24) is 5.32 Å². The first-order valence-electron chi connectivity index (χ1n) is 7.71. The van der Waals surface area contributed by atoms with E-state index in [-0.39, 0.29) is 5.54 Å². The lowest BCUT2D eigenvalue weighted by atomic mass is 10.0. The van der Waals surface area contributed by atoms with Gasteiger partial charge in [0.2, 0.25) is 0 Å².